The van der Waals surface area contributed by atoms with Crippen molar-refractivity contribution in [1.29, 1.82) is 0 Å². The number of hydrogen-bond acceptors (Lipinski definition) is 4. The molecule has 0 bridgehead atoms. The predicted octanol–water partition coefficient (Wildman–Crippen LogP) is 2.21. The van der Waals surface area contributed by atoms with Gasteiger partial charge in [0, 0.05) is 6.42 Å². The molecule has 0 radical (unpaired) electrons. The van der Waals surface area contributed by atoms with Crippen LogP contribution in [0, 0.1) is 5.92 Å². The van der Waals surface area contributed by atoms with Crippen molar-refractivity contribution in [3.8, 4) is 11.5 Å². The number of hydrogen-bond donors (Lipinski definition) is 0. The lowest BCUT2D eigenvalue weighted by Crippen LogP contribution is -2.20. The van der Waals surface area contributed by atoms with E-state index in [4.69, 9.17) is 14.2 Å². The average molecular weight is 234 g/mol. The van der Waals surface area contributed by atoms with Gasteiger partial charge in [0.1, 0.15) is 5.60 Å². The first-order valence-corrected chi connectivity index (χ1v) is 5.71. The van der Waals surface area contributed by atoms with Crippen LogP contribution in [0.4, 0.5) is 0 Å². The average Bonchev–Trinajstić information content (AvgIpc) is 2.84. The molecule has 1 saturated heterocycles. The van der Waals surface area contributed by atoms with Crippen LogP contribution in [0.3, 0.4) is 0 Å². The van der Waals surface area contributed by atoms with Gasteiger partial charge in [-0.25, -0.2) is 0 Å². The van der Waals surface area contributed by atoms with Crippen LogP contribution in [0.15, 0.2) is 18.2 Å². The molecule has 1 aromatic rings. The molecular weight excluding hydrogens is 220 g/mol. The second-order valence-electron chi connectivity index (χ2n) is 4.83. The molecule has 1 aromatic carbocycles. The maximum absolute atomic E-state index is 11.5. The molecule has 90 valence electrons. The highest BCUT2D eigenvalue weighted by atomic mass is 16.7. The lowest BCUT2D eigenvalue weighted by molar-refractivity contribution is -0.149. The van der Waals surface area contributed by atoms with Gasteiger partial charge in [0.15, 0.2) is 11.5 Å². The van der Waals surface area contributed by atoms with E-state index in [-0.39, 0.29) is 18.7 Å². The molecule has 0 N–H and O–H groups in total. The van der Waals surface area contributed by atoms with Gasteiger partial charge in [0.25, 0.3) is 0 Å². The maximum atomic E-state index is 11.5. The molecule has 0 spiro atoms. The lowest BCUT2D eigenvalue weighted by atomic mass is 9.89. The van der Waals surface area contributed by atoms with Crippen LogP contribution in [-0.4, -0.2) is 12.8 Å². The molecule has 4 nitrogen and oxygen atoms in total. The molecular formula is C13H14O4. The molecule has 2 atom stereocenters. The van der Waals surface area contributed by atoms with Gasteiger partial charge >= 0.3 is 5.97 Å². The molecule has 0 amide bonds. The minimum Gasteiger partial charge on any atom is -0.454 e. The molecule has 17 heavy (non-hydrogen) atoms. The van der Waals surface area contributed by atoms with Gasteiger partial charge in [-0.2, -0.15) is 0 Å². The van der Waals surface area contributed by atoms with E-state index in [2.05, 4.69) is 0 Å². The summed E-state index contributed by atoms with van der Waals surface area (Å²) in [4.78, 5) is 11.5. The molecule has 0 aliphatic carbocycles. The van der Waals surface area contributed by atoms with Crippen LogP contribution >= 0.6 is 0 Å². The van der Waals surface area contributed by atoms with Crippen molar-refractivity contribution < 1.29 is 19.0 Å². The van der Waals surface area contributed by atoms with Crippen LogP contribution in [0.2, 0.25) is 0 Å². The van der Waals surface area contributed by atoms with Crippen LogP contribution < -0.4 is 9.47 Å². The number of benzene rings is 1. The van der Waals surface area contributed by atoms with Crippen LogP contribution in [0.1, 0.15) is 25.8 Å². The van der Waals surface area contributed by atoms with Crippen molar-refractivity contribution in [3.63, 3.8) is 0 Å². The molecule has 2 aliphatic rings. The summed E-state index contributed by atoms with van der Waals surface area (Å²) < 4.78 is 16.1. The predicted molar refractivity (Wildman–Crippen MR) is 59.8 cm³/mol. The fourth-order valence-corrected chi connectivity index (χ4v) is 2.43. The first-order valence-electron chi connectivity index (χ1n) is 5.71. The minimum atomic E-state index is -0.544. The Hall–Kier alpha value is -1.71. The number of carbonyl (C=O) groups excluding carboxylic acids is 1. The highest BCUT2D eigenvalue weighted by Gasteiger charge is 2.42. The van der Waals surface area contributed by atoms with Gasteiger partial charge in [-0.1, -0.05) is 13.0 Å². The zero-order chi connectivity index (χ0) is 12.0. The molecule has 2 aliphatic heterocycles. The monoisotopic (exact) mass is 234 g/mol. The van der Waals surface area contributed by atoms with Gasteiger partial charge in [0.05, 0.1) is 5.92 Å². The van der Waals surface area contributed by atoms with Gasteiger partial charge in [-0.15, -0.1) is 0 Å². The highest BCUT2D eigenvalue weighted by molar-refractivity contribution is 5.75. The molecule has 0 unspecified atom stereocenters. The Morgan fingerprint density at radius 2 is 2.06 bits per heavy atom. The van der Waals surface area contributed by atoms with Crippen molar-refractivity contribution >= 4 is 5.97 Å². The molecule has 1 fully saturated rings. The lowest BCUT2D eigenvalue weighted by Gasteiger charge is -2.23. The summed E-state index contributed by atoms with van der Waals surface area (Å²) in [6.07, 6.45) is 0.700. The fraction of sp³-hybridized carbons (Fsp3) is 0.462. The second-order valence-corrected chi connectivity index (χ2v) is 4.83. The standard InChI is InChI=1S/C13H14O4/c1-8-6-13(2,17-12(8)14)9-3-4-10-11(5-9)16-7-15-10/h3-5,8H,6-7H2,1-2H3/t8-,13-/m1/s1. The Morgan fingerprint density at radius 1 is 1.29 bits per heavy atom. The Kier molecular flexibility index (Phi) is 2.08. The summed E-state index contributed by atoms with van der Waals surface area (Å²) in [6, 6.07) is 5.69. The number of cyclic esters (lactones) is 1. The third kappa shape index (κ3) is 1.55. The minimum absolute atomic E-state index is 0.0505. The second kappa shape index (κ2) is 3.39. The first-order chi connectivity index (χ1) is 8.08. The molecule has 4 heteroatoms. The molecule has 0 aromatic heterocycles. The summed E-state index contributed by atoms with van der Waals surface area (Å²) in [5.41, 5.74) is 0.414. The van der Waals surface area contributed by atoms with E-state index < -0.39 is 5.60 Å². The van der Waals surface area contributed by atoms with Gasteiger partial charge in [-0.3, -0.25) is 4.79 Å². The first kappa shape index (κ1) is 10.4. The Morgan fingerprint density at radius 3 is 2.76 bits per heavy atom. The van der Waals surface area contributed by atoms with Crippen molar-refractivity contribution in [2.24, 2.45) is 5.92 Å². The van der Waals surface area contributed by atoms with E-state index in [0.717, 1.165) is 17.1 Å². The Labute approximate surface area is 99.5 Å². The maximum Gasteiger partial charge on any atom is 0.309 e. The van der Waals surface area contributed by atoms with Crippen LogP contribution in [0.5, 0.6) is 11.5 Å². The van der Waals surface area contributed by atoms with E-state index in [0.29, 0.717) is 6.42 Å². The number of rotatable bonds is 1. The number of ether oxygens (including phenoxy) is 3. The molecule has 2 heterocycles. The zero-order valence-electron chi connectivity index (χ0n) is 9.86. The summed E-state index contributed by atoms with van der Waals surface area (Å²) in [7, 11) is 0. The largest absolute Gasteiger partial charge is 0.454 e. The van der Waals surface area contributed by atoms with Crippen LogP contribution in [0.25, 0.3) is 0 Å². The fourth-order valence-electron chi connectivity index (χ4n) is 2.43. The van der Waals surface area contributed by atoms with E-state index in [1.165, 1.54) is 0 Å². The summed E-state index contributed by atoms with van der Waals surface area (Å²) in [5.74, 6) is 1.28. The van der Waals surface area contributed by atoms with E-state index in [1.54, 1.807) is 0 Å². The smallest absolute Gasteiger partial charge is 0.309 e. The molecule has 3 rings (SSSR count). The summed E-state index contributed by atoms with van der Waals surface area (Å²) in [5, 5.41) is 0. The quantitative estimate of drug-likeness (QED) is 0.699. The number of fused-ring (bicyclic) bond motifs is 1. The zero-order valence-corrected chi connectivity index (χ0v) is 9.86. The number of carbonyl (C=O) groups is 1. The topological polar surface area (TPSA) is 44.8 Å². The van der Waals surface area contributed by atoms with E-state index >= 15 is 0 Å². The SMILES string of the molecule is C[C@@H]1C[C@](C)(c2ccc3c(c2)OCO3)OC1=O. The third-order valence-corrected chi connectivity index (χ3v) is 3.41. The van der Waals surface area contributed by atoms with Gasteiger partial charge in [0.2, 0.25) is 6.79 Å². The summed E-state index contributed by atoms with van der Waals surface area (Å²) >= 11 is 0. The normalized spacial score (nSPS) is 30.5. The molecule has 0 saturated carbocycles. The van der Waals surface area contributed by atoms with Crippen molar-refractivity contribution in [2.45, 2.75) is 25.9 Å². The van der Waals surface area contributed by atoms with Crippen molar-refractivity contribution in [2.75, 3.05) is 6.79 Å². The highest BCUT2D eigenvalue weighted by Crippen LogP contribution is 2.43. The van der Waals surface area contributed by atoms with Crippen molar-refractivity contribution in [1.82, 2.24) is 0 Å². The third-order valence-electron chi connectivity index (χ3n) is 3.41. The summed E-state index contributed by atoms with van der Waals surface area (Å²) in [6.45, 7) is 4.08. The van der Waals surface area contributed by atoms with E-state index in [9.17, 15) is 4.79 Å². The number of esters is 1. The van der Waals surface area contributed by atoms with Crippen molar-refractivity contribution in [3.05, 3.63) is 23.8 Å². The van der Waals surface area contributed by atoms with Gasteiger partial charge < -0.3 is 14.2 Å². The Balaban J connectivity index is 1.97. The van der Waals surface area contributed by atoms with Gasteiger partial charge in [-0.05, 0) is 24.6 Å². The Bertz CT molecular complexity index is 482. The van der Waals surface area contributed by atoms with E-state index in [1.807, 2.05) is 32.0 Å². The van der Waals surface area contributed by atoms with Crippen LogP contribution in [-0.2, 0) is 15.1 Å².